The van der Waals surface area contributed by atoms with Crippen LogP contribution in [0.5, 0.6) is 0 Å². The number of benzene rings is 2. The molecule has 2 aromatic carbocycles. The first-order valence-electron chi connectivity index (χ1n) is 7.57. The highest BCUT2D eigenvalue weighted by molar-refractivity contribution is 7.89. The van der Waals surface area contributed by atoms with Gasteiger partial charge in [0.15, 0.2) is 0 Å². The van der Waals surface area contributed by atoms with Gasteiger partial charge in [-0.3, -0.25) is 4.79 Å². The van der Waals surface area contributed by atoms with Gasteiger partial charge in [-0.15, -0.1) is 6.58 Å². The molecule has 0 atom stereocenters. The van der Waals surface area contributed by atoms with Crippen LogP contribution < -0.4 is 10.0 Å². The van der Waals surface area contributed by atoms with Crippen molar-refractivity contribution in [2.75, 3.05) is 6.54 Å². The van der Waals surface area contributed by atoms with Crippen molar-refractivity contribution in [2.45, 2.75) is 18.4 Å². The Morgan fingerprint density at radius 3 is 2.48 bits per heavy atom. The van der Waals surface area contributed by atoms with Gasteiger partial charge in [0.05, 0.1) is 4.90 Å². The second-order valence-electron chi connectivity index (χ2n) is 5.43. The molecule has 2 N–H and O–H groups in total. The minimum absolute atomic E-state index is 0.0616. The Bertz CT molecular complexity index is 878. The van der Waals surface area contributed by atoms with Crippen molar-refractivity contribution in [3.05, 3.63) is 77.6 Å². The first-order chi connectivity index (χ1) is 11.8. The fourth-order valence-corrected chi connectivity index (χ4v) is 3.07. The lowest BCUT2D eigenvalue weighted by molar-refractivity contribution is 0.0950. The van der Waals surface area contributed by atoms with Crippen molar-refractivity contribution in [2.24, 2.45) is 0 Å². The van der Waals surface area contributed by atoms with Crippen LogP contribution in [0.3, 0.4) is 0 Å². The van der Waals surface area contributed by atoms with Gasteiger partial charge in [0.1, 0.15) is 5.82 Å². The zero-order valence-corrected chi connectivity index (χ0v) is 14.6. The quantitative estimate of drug-likeness (QED) is 0.743. The van der Waals surface area contributed by atoms with E-state index in [-0.39, 0.29) is 29.7 Å². The summed E-state index contributed by atoms with van der Waals surface area (Å²) in [5.74, 6) is -0.697. The molecule has 1 amide bonds. The monoisotopic (exact) mass is 362 g/mol. The molecular formula is C18H19FN2O3S. The van der Waals surface area contributed by atoms with E-state index in [2.05, 4.69) is 16.6 Å². The normalized spacial score (nSPS) is 11.1. The zero-order chi connectivity index (χ0) is 18.4. The summed E-state index contributed by atoms with van der Waals surface area (Å²) in [4.78, 5) is 12.2. The second kappa shape index (κ2) is 8.04. The number of sulfonamides is 1. The van der Waals surface area contributed by atoms with Gasteiger partial charge in [-0.2, -0.15) is 0 Å². The van der Waals surface area contributed by atoms with Gasteiger partial charge < -0.3 is 5.32 Å². The summed E-state index contributed by atoms with van der Waals surface area (Å²) in [6.45, 7) is 5.41. The Morgan fingerprint density at radius 2 is 1.88 bits per heavy atom. The van der Waals surface area contributed by atoms with Crippen LogP contribution in [0, 0.1) is 12.7 Å². The SMILES string of the molecule is C=CCNS(=O)(=O)c1ccc(C(=O)NCc2ccc(C)c(F)c2)cc1. The third kappa shape index (κ3) is 4.98. The number of carbonyl (C=O) groups is 1. The van der Waals surface area contributed by atoms with Crippen molar-refractivity contribution in [1.82, 2.24) is 10.0 Å². The lowest BCUT2D eigenvalue weighted by Crippen LogP contribution is -2.24. The Kier molecular flexibility index (Phi) is 6.06. The van der Waals surface area contributed by atoms with E-state index in [0.717, 1.165) is 0 Å². The molecule has 0 radical (unpaired) electrons. The van der Waals surface area contributed by atoms with E-state index in [0.29, 0.717) is 16.7 Å². The lowest BCUT2D eigenvalue weighted by Gasteiger charge is -2.08. The summed E-state index contributed by atoms with van der Waals surface area (Å²) in [7, 11) is -3.62. The van der Waals surface area contributed by atoms with E-state index in [1.807, 2.05) is 0 Å². The average Bonchev–Trinajstić information content (AvgIpc) is 2.61. The van der Waals surface area contributed by atoms with Gasteiger partial charge in [0.25, 0.3) is 5.91 Å². The summed E-state index contributed by atoms with van der Waals surface area (Å²) in [5.41, 5.74) is 1.50. The molecule has 0 aliphatic rings. The number of rotatable bonds is 7. The van der Waals surface area contributed by atoms with Crippen LogP contribution in [0.25, 0.3) is 0 Å². The molecule has 0 spiro atoms. The summed E-state index contributed by atoms with van der Waals surface area (Å²) in [6, 6.07) is 10.3. The minimum Gasteiger partial charge on any atom is -0.348 e. The molecule has 0 bridgehead atoms. The van der Waals surface area contributed by atoms with E-state index in [1.165, 1.54) is 36.4 Å². The molecule has 0 fully saturated rings. The summed E-state index contributed by atoms with van der Waals surface area (Å²) in [6.07, 6.45) is 1.44. The van der Waals surface area contributed by atoms with E-state index in [4.69, 9.17) is 0 Å². The standard InChI is InChI=1S/C18H19FN2O3S/c1-3-10-21-25(23,24)16-8-6-15(7-9-16)18(22)20-12-14-5-4-13(2)17(19)11-14/h3-9,11,21H,1,10,12H2,2H3,(H,20,22). The third-order valence-corrected chi connectivity index (χ3v) is 4.97. The highest BCUT2D eigenvalue weighted by atomic mass is 32.2. The van der Waals surface area contributed by atoms with Crippen molar-refractivity contribution < 1.29 is 17.6 Å². The number of hydrogen-bond donors (Lipinski definition) is 2. The fraction of sp³-hybridized carbons (Fsp3) is 0.167. The van der Waals surface area contributed by atoms with Crippen LogP contribution >= 0.6 is 0 Å². The molecule has 7 heteroatoms. The van der Waals surface area contributed by atoms with Gasteiger partial charge in [-0.25, -0.2) is 17.5 Å². The lowest BCUT2D eigenvalue weighted by atomic mass is 10.1. The fourth-order valence-electron chi connectivity index (χ4n) is 2.07. The van der Waals surface area contributed by atoms with Crippen molar-refractivity contribution >= 4 is 15.9 Å². The summed E-state index contributed by atoms with van der Waals surface area (Å²) < 4.78 is 39.7. The maximum absolute atomic E-state index is 13.5. The molecule has 0 aliphatic carbocycles. The van der Waals surface area contributed by atoms with Crippen molar-refractivity contribution in [3.63, 3.8) is 0 Å². The second-order valence-corrected chi connectivity index (χ2v) is 7.20. The molecule has 0 unspecified atom stereocenters. The van der Waals surface area contributed by atoms with Crippen LogP contribution in [0.1, 0.15) is 21.5 Å². The van der Waals surface area contributed by atoms with E-state index < -0.39 is 10.0 Å². The van der Waals surface area contributed by atoms with Gasteiger partial charge in [0.2, 0.25) is 10.0 Å². The Hall–Kier alpha value is -2.51. The van der Waals surface area contributed by atoms with E-state index in [1.54, 1.807) is 19.1 Å². The van der Waals surface area contributed by atoms with Crippen LogP contribution in [0.2, 0.25) is 0 Å². The molecule has 132 valence electrons. The van der Waals surface area contributed by atoms with Gasteiger partial charge >= 0.3 is 0 Å². The molecule has 5 nitrogen and oxygen atoms in total. The number of halogens is 1. The number of amides is 1. The Balaban J connectivity index is 2.02. The first-order valence-corrected chi connectivity index (χ1v) is 9.05. The van der Waals surface area contributed by atoms with E-state index in [9.17, 15) is 17.6 Å². The van der Waals surface area contributed by atoms with Gasteiger partial charge in [-0.1, -0.05) is 18.2 Å². The molecule has 0 saturated carbocycles. The van der Waals surface area contributed by atoms with Crippen LogP contribution in [0.15, 0.2) is 60.0 Å². The molecule has 0 aliphatic heterocycles. The third-order valence-electron chi connectivity index (χ3n) is 3.53. The maximum Gasteiger partial charge on any atom is 0.251 e. The number of carbonyl (C=O) groups excluding carboxylic acids is 1. The van der Waals surface area contributed by atoms with Crippen LogP contribution in [0.4, 0.5) is 4.39 Å². The Labute approximate surface area is 146 Å². The van der Waals surface area contributed by atoms with E-state index >= 15 is 0 Å². The number of nitrogens with one attached hydrogen (secondary N) is 2. The molecule has 2 aromatic rings. The van der Waals surface area contributed by atoms with Gasteiger partial charge in [-0.05, 0) is 48.4 Å². The molecule has 0 saturated heterocycles. The van der Waals surface area contributed by atoms with Crippen LogP contribution in [-0.4, -0.2) is 20.9 Å². The average molecular weight is 362 g/mol. The highest BCUT2D eigenvalue weighted by Crippen LogP contribution is 2.12. The summed E-state index contributed by atoms with van der Waals surface area (Å²) >= 11 is 0. The number of aryl methyl sites for hydroxylation is 1. The van der Waals surface area contributed by atoms with Crippen LogP contribution in [-0.2, 0) is 16.6 Å². The Morgan fingerprint density at radius 1 is 1.20 bits per heavy atom. The molecule has 0 aromatic heterocycles. The summed E-state index contributed by atoms with van der Waals surface area (Å²) in [5, 5.41) is 2.67. The molecule has 2 rings (SSSR count). The highest BCUT2D eigenvalue weighted by Gasteiger charge is 2.14. The predicted octanol–water partition coefficient (Wildman–Crippen LogP) is 2.53. The van der Waals surface area contributed by atoms with Gasteiger partial charge in [0, 0.05) is 18.7 Å². The maximum atomic E-state index is 13.5. The smallest absolute Gasteiger partial charge is 0.251 e. The topological polar surface area (TPSA) is 75.3 Å². The first kappa shape index (κ1) is 18.8. The zero-order valence-electron chi connectivity index (χ0n) is 13.8. The predicted molar refractivity (Wildman–Crippen MR) is 94.1 cm³/mol. The van der Waals surface area contributed by atoms with Crippen molar-refractivity contribution in [1.29, 1.82) is 0 Å². The number of hydrogen-bond acceptors (Lipinski definition) is 3. The largest absolute Gasteiger partial charge is 0.348 e. The van der Waals surface area contributed by atoms with Crippen molar-refractivity contribution in [3.8, 4) is 0 Å². The minimum atomic E-state index is -3.62. The molecular weight excluding hydrogens is 343 g/mol. The molecule has 25 heavy (non-hydrogen) atoms. The molecule has 0 heterocycles.